The fraction of sp³-hybridized carbons (Fsp3) is 0.333. The highest BCUT2D eigenvalue weighted by atomic mass is 35.5. The van der Waals surface area contributed by atoms with E-state index in [1.165, 1.54) is 11.1 Å². The molecule has 0 aromatic heterocycles. The van der Waals surface area contributed by atoms with Crippen molar-refractivity contribution in [3.8, 4) is 0 Å². The van der Waals surface area contributed by atoms with Crippen molar-refractivity contribution in [3.05, 3.63) is 34.3 Å². The van der Waals surface area contributed by atoms with E-state index in [0.29, 0.717) is 6.04 Å². The van der Waals surface area contributed by atoms with Gasteiger partial charge in [-0.15, -0.1) is 0 Å². The molecule has 0 amide bonds. The van der Waals surface area contributed by atoms with E-state index in [9.17, 15) is 0 Å². The molecule has 0 saturated heterocycles. The van der Waals surface area contributed by atoms with Gasteiger partial charge in [-0.1, -0.05) is 23.7 Å². The Morgan fingerprint density at radius 3 is 3.08 bits per heavy atom. The molecule has 0 heterocycles. The van der Waals surface area contributed by atoms with Gasteiger partial charge in [-0.2, -0.15) is 0 Å². The predicted molar refractivity (Wildman–Crippen MR) is 49.8 cm³/mol. The fourth-order valence-electron chi connectivity index (χ4n) is 1.78. The van der Waals surface area contributed by atoms with Gasteiger partial charge in [0.25, 0.3) is 0 Å². The largest absolute Gasteiger partial charge is 0.271 e. The van der Waals surface area contributed by atoms with Crippen molar-refractivity contribution in [1.82, 2.24) is 5.43 Å². The van der Waals surface area contributed by atoms with Crippen molar-refractivity contribution in [3.63, 3.8) is 0 Å². The lowest BCUT2D eigenvalue weighted by atomic mass is 10.1. The second kappa shape index (κ2) is 3.05. The van der Waals surface area contributed by atoms with Crippen LogP contribution in [0.1, 0.15) is 23.6 Å². The van der Waals surface area contributed by atoms with Crippen molar-refractivity contribution in [1.29, 1.82) is 0 Å². The van der Waals surface area contributed by atoms with Gasteiger partial charge in [0.05, 0.1) is 0 Å². The van der Waals surface area contributed by atoms with Crippen LogP contribution in [0.3, 0.4) is 0 Å². The van der Waals surface area contributed by atoms with Crippen molar-refractivity contribution in [2.75, 3.05) is 0 Å². The summed E-state index contributed by atoms with van der Waals surface area (Å²) in [5.74, 6) is 5.41. The molecule has 2 rings (SSSR count). The van der Waals surface area contributed by atoms with Crippen LogP contribution in [-0.4, -0.2) is 0 Å². The normalized spacial score (nSPS) is 21.0. The van der Waals surface area contributed by atoms with E-state index in [1.54, 1.807) is 0 Å². The van der Waals surface area contributed by atoms with Crippen LogP contribution >= 0.6 is 11.6 Å². The zero-order valence-corrected chi connectivity index (χ0v) is 7.43. The second-order valence-electron chi connectivity index (χ2n) is 3.07. The van der Waals surface area contributed by atoms with E-state index >= 15 is 0 Å². The summed E-state index contributed by atoms with van der Waals surface area (Å²) in [7, 11) is 0. The molecular weight excluding hydrogens is 172 g/mol. The number of nitrogens with two attached hydrogens (primary N) is 1. The molecule has 3 N–H and O–H groups in total. The maximum absolute atomic E-state index is 6.02. The third-order valence-corrected chi connectivity index (χ3v) is 2.77. The number of halogens is 1. The molecule has 0 fully saturated rings. The Labute approximate surface area is 76.7 Å². The summed E-state index contributed by atoms with van der Waals surface area (Å²) in [5.41, 5.74) is 5.30. The number of hydrogen-bond donors (Lipinski definition) is 2. The van der Waals surface area contributed by atoms with Gasteiger partial charge in [0, 0.05) is 11.1 Å². The average Bonchev–Trinajstić information content (AvgIpc) is 2.49. The van der Waals surface area contributed by atoms with Crippen LogP contribution in [0, 0.1) is 0 Å². The standard InChI is InChI=1S/C9H11ClN2/c10-8-3-1-2-7-6(8)4-5-9(7)12-11/h1-3,9,12H,4-5,11H2/t9-/m0/s1. The van der Waals surface area contributed by atoms with Crippen LogP contribution in [0.25, 0.3) is 0 Å². The van der Waals surface area contributed by atoms with Crippen LogP contribution in [0.15, 0.2) is 18.2 Å². The number of benzene rings is 1. The van der Waals surface area contributed by atoms with Gasteiger partial charge in [0.1, 0.15) is 0 Å². The molecule has 2 nitrogen and oxygen atoms in total. The molecule has 0 saturated carbocycles. The van der Waals surface area contributed by atoms with Crippen molar-refractivity contribution >= 4 is 11.6 Å². The van der Waals surface area contributed by atoms with E-state index in [4.69, 9.17) is 17.4 Å². The topological polar surface area (TPSA) is 38.0 Å². The SMILES string of the molecule is NN[C@H]1CCc2c(Cl)cccc21. The lowest BCUT2D eigenvalue weighted by molar-refractivity contribution is 0.551. The van der Waals surface area contributed by atoms with Gasteiger partial charge in [-0.05, 0) is 30.0 Å². The minimum absolute atomic E-state index is 0.290. The van der Waals surface area contributed by atoms with E-state index in [2.05, 4.69) is 11.5 Å². The molecule has 0 aliphatic heterocycles. The Hall–Kier alpha value is -0.570. The maximum Gasteiger partial charge on any atom is 0.0466 e. The molecule has 0 spiro atoms. The van der Waals surface area contributed by atoms with Crippen LogP contribution in [-0.2, 0) is 6.42 Å². The van der Waals surface area contributed by atoms with E-state index in [1.807, 2.05) is 12.1 Å². The van der Waals surface area contributed by atoms with Gasteiger partial charge < -0.3 is 0 Å². The summed E-state index contributed by atoms with van der Waals surface area (Å²) in [6, 6.07) is 6.27. The Morgan fingerprint density at radius 2 is 2.33 bits per heavy atom. The van der Waals surface area contributed by atoms with Crippen molar-refractivity contribution < 1.29 is 0 Å². The van der Waals surface area contributed by atoms with Crippen LogP contribution in [0.4, 0.5) is 0 Å². The second-order valence-corrected chi connectivity index (χ2v) is 3.47. The molecule has 1 aromatic rings. The van der Waals surface area contributed by atoms with Gasteiger partial charge in [-0.25, -0.2) is 0 Å². The number of rotatable bonds is 1. The Morgan fingerprint density at radius 1 is 1.50 bits per heavy atom. The third kappa shape index (κ3) is 1.12. The van der Waals surface area contributed by atoms with Crippen LogP contribution < -0.4 is 11.3 Å². The van der Waals surface area contributed by atoms with Crippen LogP contribution in [0.5, 0.6) is 0 Å². The molecule has 1 aromatic carbocycles. The first kappa shape index (κ1) is 8.05. The summed E-state index contributed by atoms with van der Waals surface area (Å²) in [5, 5.41) is 0.866. The summed E-state index contributed by atoms with van der Waals surface area (Å²) < 4.78 is 0. The zero-order chi connectivity index (χ0) is 8.55. The highest BCUT2D eigenvalue weighted by molar-refractivity contribution is 6.31. The van der Waals surface area contributed by atoms with Crippen molar-refractivity contribution in [2.24, 2.45) is 5.84 Å². The zero-order valence-electron chi connectivity index (χ0n) is 6.68. The fourth-order valence-corrected chi connectivity index (χ4v) is 2.06. The minimum atomic E-state index is 0.290. The Bertz CT molecular complexity index is 299. The predicted octanol–water partition coefficient (Wildman–Crippen LogP) is 1.79. The lowest BCUT2D eigenvalue weighted by Gasteiger charge is -2.09. The summed E-state index contributed by atoms with van der Waals surface area (Å²) in [6.07, 6.45) is 2.08. The summed E-state index contributed by atoms with van der Waals surface area (Å²) >= 11 is 6.02. The number of hydrazine groups is 1. The number of hydrogen-bond acceptors (Lipinski definition) is 2. The molecular formula is C9H11ClN2. The molecule has 12 heavy (non-hydrogen) atoms. The van der Waals surface area contributed by atoms with Gasteiger partial charge in [0.15, 0.2) is 0 Å². The molecule has 1 aliphatic rings. The lowest BCUT2D eigenvalue weighted by Crippen LogP contribution is -2.26. The average molecular weight is 183 g/mol. The molecule has 1 aliphatic carbocycles. The molecule has 64 valence electrons. The summed E-state index contributed by atoms with van der Waals surface area (Å²) in [6.45, 7) is 0. The van der Waals surface area contributed by atoms with Gasteiger partial charge >= 0.3 is 0 Å². The minimum Gasteiger partial charge on any atom is -0.271 e. The monoisotopic (exact) mass is 182 g/mol. The van der Waals surface area contributed by atoms with E-state index < -0.39 is 0 Å². The number of fused-ring (bicyclic) bond motifs is 1. The third-order valence-electron chi connectivity index (χ3n) is 2.41. The quantitative estimate of drug-likeness (QED) is 0.514. The van der Waals surface area contributed by atoms with E-state index in [-0.39, 0.29) is 0 Å². The van der Waals surface area contributed by atoms with Gasteiger partial charge in [-0.3, -0.25) is 11.3 Å². The molecule has 3 heteroatoms. The first-order valence-electron chi connectivity index (χ1n) is 4.06. The number of nitrogens with one attached hydrogen (secondary N) is 1. The van der Waals surface area contributed by atoms with Crippen molar-refractivity contribution in [2.45, 2.75) is 18.9 Å². The first-order chi connectivity index (χ1) is 5.83. The van der Waals surface area contributed by atoms with Crippen LogP contribution in [0.2, 0.25) is 5.02 Å². The first-order valence-corrected chi connectivity index (χ1v) is 4.44. The summed E-state index contributed by atoms with van der Waals surface area (Å²) in [4.78, 5) is 0. The molecule has 1 atom stereocenters. The van der Waals surface area contributed by atoms with Gasteiger partial charge in [0.2, 0.25) is 0 Å². The Balaban J connectivity index is 2.46. The maximum atomic E-state index is 6.02. The smallest absolute Gasteiger partial charge is 0.0466 e. The highest BCUT2D eigenvalue weighted by Crippen LogP contribution is 2.34. The highest BCUT2D eigenvalue weighted by Gasteiger charge is 2.22. The molecule has 0 radical (unpaired) electrons. The molecule has 0 bridgehead atoms. The Kier molecular flexibility index (Phi) is 2.05. The van der Waals surface area contributed by atoms with E-state index in [0.717, 1.165) is 17.9 Å². The molecule has 0 unspecified atom stereocenters.